The van der Waals surface area contributed by atoms with Crippen molar-refractivity contribution in [3.63, 3.8) is 0 Å². The van der Waals surface area contributed by atoms with E-state index in [1.807, 2.05) is 18.3 Å². The highest BCUT2D eigenvalue weighted by atomic mass is 19.1. The fraction of sp³-hybridized carbons (Fsp3) is 0.250. The van der Waals surface area contributed by atoms with Crippen LogP contribution in [0.3, 0.4) is 0 Å². The number of nitrogens with zero attached hydrogens (tertiary/aromatic N) is 1. The summed E-state index contributed by atoms with van der Waals surface area (Å²) in [7, 11) is 0. The van der Waals surface area contributed by atoms with Gasteiger partial charge >= 0.3 is 0 Å². The molecule has 2 aromatic carbocycles. The van der Waals surface area contributed by atoms with Gasteiger partial charge < -0.3 is 10.3 Å². The molecule has 1 atom stereocenters. The average molecular weight is 373 g/mol. The Bertz CT molecular complexity index is 1050. The summed E-state index contributed by atoms with van der Waals surface area (Å²) in [6, 6.07) is 16.0. The number of rotatable bonds is 4. The zero-order valence-electron chi connectivity index (χ0n) is 15.8. The van der Waals surface area contributed by atoms with Gasteiger partial charge in [-0.1, -0.05) is 35.9 Å². The van der Waals surface area contributed by atoms with E-state index < -0.39 is 0 Å². The zero-order valence-corrected chi connectivity index (χ0v) is 15.8. The van der Waals surface area contributed by atoms with E-state index in [4.69, 9.17) is 0 Å². The lowest BCUT2D eigenvalue weighted by molar-refractivity contribution is 0.176. The highest BCUT2D eigenvalue weighted by Crippen LogP contribution is 2.31. The third-order valence-electron chi connectivity index (χ3n) is 5.85. The number of benzene rings is 2. The van der Waals surface area contributed by atoms with Gasteiger partial charge in [-0.05, 0) is 58.8 Å². The van der Waals surface area contributed by atoms with Crippen LogP contribution in [0.5, 0.6) is 0 Å². The topological polar surface area (TPSA) is 31.1 Å². The Kier molecular flexibility index (Phi) is 4.59. The van der Waals surface area contributed by atoms with Gasteiger partial charge in [-0.3, -0.25) is 4.90 Å². The lowest BCUT2D eigenvalue weighted by atomic mass is 10.0. The van der Waals surface area contributed by atoms with Crippen molar-refractivity contribution in [2.75, 3.05) is 26.2 Å². The van der Waals surface area contributed by atoms with Crippen LogP contribution in [0.15, 0.2) is 72.5 Å². The van der Waals surface area contributed by atoms with Crippen LogP contribution in [0.25, 0.3) is 16.5 Å². The largest absolute Gasteiger partial charge is 0.361 e. The van der Waals surface area contributed by atoms with Crippen molar-refractivity contribution in [2.45, 2.75) is 12.5 Å². The normalized spacial score (nSPS) is 20.4. The second kappa shape index (κ2) is 7.38. The molecular formula is C24H24FN3. The van der Waals surface area contributed by atoms with Crippen LogP contribution in [-0.2, 0) is 0 Å². The van der Waals surface area contributed by atoms with Gasteiger partial charge in [0.05, 0.1) is 0 Å². The van der Waals surface area contributed by atoms with Crippen LogP contribution < -0.4 is 5.32 Å². The molecule has 1 saturated heterocycles. The van der Waals surface area contributed by atoms with Crippen LogP contribution in [0.1, 0.15) is 23.6 Å². The predicted octanol–water partition coefficient (Wildman–Crippen LogP) is 4.67. The van der Waals surface area contributed by atoms with Gasteiger partial charge in [-0.25, -0.2) is 4.39 Å². The molecule has 4 heteroatoms. The third-order valence-corrected chi connectivity index (χ3v) is 5.85. The molecule has 142 valence electrons. The fourth-order valence-corrected chi connectivity index (χ4v) is 4.33. The Morgan fingerprint density at radius 1 is 1.07 bits per heavy atom. The molecule has 28 heavy (non-hydrogen) atoms. The summed E-state index contributed by atoms with van der Waals surface area (Å²) >= 11 is 0. The molecule has 0 spiro atoms. The van der Waals surface area contributed by atoms with Gasteiger partial charge in [0.15, 0.2) is 0 Å². The number of H-pyrrole nitrogens is 1. The van der Waals surface area contributed by atoms with E-state index in [-0.39, 0.29) is 11.9 Å². The number of piperazine rings is 1. The minimum Gasteiger partial charge on any atom is -0.361 e. The molecule has 1 aromatic heterocycles. The first-order valence-electron chi connectivity index (χ1n) is 9.94. The first kappa shape index (κ1) is 17.4. The maximum Gasteiger partial charge on any atom is 0.123 e. The summed E-state index contributed by atoms with van der Waals surface area (Å²) < 4.78 is 13.3. The number of hydrogen-bond acceptors (Lipinski definition) is 2. The van der Waals surface area contributed by atoms with Crippen molar-refractivity contribution >= 4 is 16.5 Å². The fourth-order valence-electron chi connectivity index (χ4n) is 4.33. The molecule has 1 aliphatic carbocycles. The molecular weight excluding hydrogens is 349 g/mol. The van der Waals surface area contributed by atoms with E-state index >= 15 is 0 Å². The molecule has 3 aromatic rings. The van der Waals surface area contributed by atoms with Gasteiger partial charge in [0.1, 0.15) is 5.82 Å². The van der Waals surface area contributed by atoms with Crippen molar-refractivity contribution in [1.29, 1.82) is 0 Å². The molecule has 0 bridgehead atoms. The van der Waals surface area contributed by atoms with E-state index in [1.165, 1.54) is 33.2 Å². The van der Waals surface area contributed by atoms with Gasteiger partial charge in [-0.15, -0.1) is 0 Å². The Labute approximate surface area is 164 Å². The standard InChI is InChI=1S/C24H24FN3/c25-22-6-3-18(4-7-22)24-15-26-11-12-28(24)16-17-1-2-19(13-17)20-5-8-23-21(14-20)9-10-27-23/h2-10,13-14,24,26-27H,1,11-12,15-16H2. The number of nitrogens with one attached hydrogen (secondary N) is 2. The van der Waals surface area contributed by atoms with Crippen molar-refractivity contribution in [1.82, 2.24) is 15.2 Å². The molecule has 1 fully saturated rings. The highest BCUT2D eigenvalue weighted by molar-refractivity contribution is 5.87. The lowest BCUT2D eigenvalue weighted by Crippen LogP contribution is -2.46. The molecule has 0 saturated carbocycles. The number of hydrogen-bond donors (Lipinski definition) is 2. The third kappa shape index (κ3) is 3.41. The molecule has 3 nitrogen and oxygen atoms in total. The molecule has 2 N–H and O–H groups in total. The quantitative estimate of drug-likeness (QED) is 0.696. The molecule has 5 rings (SSSR count). The number of aromatic amines is 1. The predicted molar refractivity (Wildman–Crippen MR) is 113 cm³/mol. The van der Waals surface area contributed by atoms with Crippen LogP contribution in [0, 0.1) is 5.82 Å². The maximum atomic E-state index is 13.3. The Balaban J connectivity index is 1.33. The smallest absolute Gasteiger partial charge is 0.123 e. The molecule has 0 amide bonds. The van der Waals surface area contributed by atoms with E-state index in [2.05, 4.69) is 51.6 Å². The summed E-state index contributed by atoms with van der Waals surface area (Å²) in [5.74, 6) is -0.175. The summed E-state index contributed by atoms with van der Waals surface area (Å²) in [5.41, 5.74) is 6.38. The Morgan fingerprint density at radius 3 is 2.86 bits per heavy atom. The Hall–Kier alpha value is -2.69. The highest BCUT2D eigenvalue weighted by Gasteiger charge is 2.25. The number of allylic oxidation sites excluding steroid dienone is 3. The Morgan fingerprint density at radius 2 is 1.96 bits per heavy atom. The van der Waals surface area contributed by atoms with Crippen molar-refractivity contribution in [3.8, 4) is 0 Å². The molecule has 1 unspecified atom stereocenters. The van der Waals surface area contributed by atoms with Crippen LogP contribution >= 0.6 is 0 Å². The van der Waals surface area contributed by atoms with E-state index in [0.717, 1.165) is 32.6 Å². The minimum atomic E-state index is -0.175. The molecule has 0 radical (unpaired) electrons. The van der Waals surface area contributed by atoms with Gasteiger partial charge in [0.2, 0.25) is 0 Å². The maximum absolute atomic E-state index is 13.3. The number of aromatic nitrogens is 1. The summed E-state index contributed by atoms with van der Waals surface area (Å²) in [6.07, 6.45) is 7.66. The van der Waals surface area contributed by atoms with Crippen LogP contribution in [0.4, 0.5) is 4.39 Å². The van der Waals surface area contributed by atoms with E-state index in [9.17, 15) is 4.39 Å². The first-order chi connectivity index (χ1) is 13.8. The SMILES string of the molecule is Fc1ccc(C2CNCCN2CC2=CC(c3ccc4[nH]ccc4c3)=CC2)cc1. The first-order valence-corrected chi connectivity index (χ1v) is 9.94. The molecule has 1 aliphatic heterocycles. The summed E-state index contributed by atoms with van der Waals surface area (Å²) in [6.45, 7) is 3.86. The lowest BCUT2D eigenvalue weighted by Gasteiger charge is -2.37. The number of fused-ring (bicyclic) bond motifs is 1. The van der Waals surface area contributed by atoms with Gasteiger partial charge in [0.25, 0.3) is 0 Å². The zero-order chi connectivity index (χ0) is 18.9. The molecule has 2 heterocycles. The van der Waals surface area contributed by atoms with E-state index in [0.29, 0.717) is 0 Å². The summed E-state index contributed by atoms with van der Waals surface area (Å²) in [4.78, 5) is 5.77. The van der Waals surface area contributed by atoms with Gasteiger partial charge in [0, 0.05) is 43.9 Å². The number of halogens is 1. The van der Waals surface area contributed by atoms with E-state index in [1.54, 1.807) is 12.1 Å². The van der Waals surface area contributed by atoms with Crippen LogP contribution in [-0.4, -0.2) is 36.1 Å². The minimum absolute atomic E-state index is 0.175. The second-order valence-corrected chi connectivity index (χ2v) is 7.69. The van der Waals surface area contributed by atoms with Crippen LogP contribution in [0.2, 0.25) is 0 Å². The van der Waals surface area contributed by atoms with Crippen molar-refractivity contribution in [2.24, 2.45) is 0 Å². The van der Waals surface area contributed by atoms with Crippen molar-refractivity contribution in [3.05, 3.63) is 89.4 Å². The summed E-state index contributed by atoms with van der Waals surface area (Å²) in [5, 5.41) is 4.73. The second-order valence-electron chi connectivity index (χ2n) is 7.69. The molecule has 2 aliphatic rings. The van der Waals surface area contributed by atoms with Crippen molar-refractivity contribution < 1.29 is 4.39 Å². The van der Waals surface area contributed by atoms with Gasteiger partial charge in [-0.2, -0.15) is 0 Å². The average Bonchev–Trinajstić information content (AvgIpc) is 3.38. The monoisotopic (exact) mass is 373 g/mol.